The summed E-state index contributed by atoms with van der Waals surface area (Å²) in [5.41, 5.74) is 3.96. The molecule has 0 radical (unpaired) electrons. The quantitative estimate of drug-likeness (QED) is 0.756. The summed E-state index contributed by atoms with van der Waals surface area (Å²) >= 11 is 1.60. The molecule has 6 nitrogen and oxygen atoms in total. The van der Waals surface area contributed by atoms with E-state index in [1.165, 1.54) is 6.92 Å². The van der Waals surface area contributed by atoms with Crippen molar-refractivity contribution in [2.24, 2.45) is 5.92 Å². The number of amides is 1. The number of ether oxygens (including phenoxy) is 1. The van der Waals surface area contributed by atoms with Gasteiger partial charge in [-0.25, -0.2) is 4.98 Å². The minimum Gasteiger partial charge on any atom is -0.460 e. The summed E-state index contributed by atoms with van der Waals surface area (Å²) < 4.78 is 5.26. The van der Waals surface area contributed by atoms with Crippen LogP contribution < -0.4 is 10.6 Å². The van der Waals surface area contributed by atoms with Gasteiger partial charge in [0.25, 0.3) is 0 Å². The van der Waals surface area contributed by atoms with Gasteiger partial charge in [-0.3, -0.25) is 9.59 Å². The Morgan fingerprint density at radius 2 is 2.12 bits per heavy atom. The lowest BCUT2D eigenvalue weighted by Crippen LogP contribution is -2.40. The van der Waals surface area contributed by atoms with Crippen molar-refractivity contribution in [3.05, 3.63) is 52.0 Å². The van der Waals surface area contributed by atoms with Gasteiger partial charge in [-0.15, -0.1) is 11.3 Å². The molecule has 3 rings (SSSR count). The molecule has 1 amide bonds. The molecule has 0 bridgehead atoms. The Hall–Kier alpha value is -2.25. The van der Waals surface area contributed by atoms with Crippen LogP contribution in [0.1, 0.15) is 29.0 Å². The third kappa shape index (κ3) is 4.28. The third-order valence-corrected chi connectivity index (χ3v) is 5.64. The fourth-order valence-corrected chi connectivity index (χ4v) is 4.21. The minimum absolute atomic E-state index is 0.0502. The number of carbonyl (C=O) groups excluding carboxylic acids is 2. The van der Waals surface area contributed by atoms with Gasteiger partial charge in [-0.2, -0.15) is 0 Å². The Morgan fingerprint density at radius 3 is 2.77 bits per heavy atom. The van der Waals surface area contributed by atoms with Crippen LogP contribution >= 0.6 is 11.3 Å². The Kier molecular flexibility index (Phi) is 6.00. The maximum absolute atomic E-state index is 12.7. The maximum Gasteiger partial charge on any atom is 0.302 e. The molecule has 1 aromatic carbocycles. The smallest absolute Gasteiger partial charge is 0.302 e. The van der Waals surface area contributed by atoms with E-state index in [2.05, 4.69) is 27.8 Å². The van der Waals surface area contributed by atoms with E-state index in [1.54, 1.807) is 11.3 Å². The Morgan fingerprint density at radius 1 is 1.35 bits per heavy atom. The van der Waals surface area contributed by atoms with E-state index in [0.29, 0.717) is 19.6 Å². The van der Waals surface area contributed by atoms with E-state index in [9.17, 15) is 9.59 Å². The summed E-state index contributed by atoms with van der Waals surface area (Å²) in [4.78, 5) is 29.4. The van der Waals surface area contributed by atoms with E-state index < -0.39 is 6.10 Å². The first-order valence-electron chi connectivity index (χ1n) is 8.67. The molecule has 7 heteroatoms. The van der Waals surface area contributed by atoms with Crippen LogP contribution in [0.25, 0.3) is 0 Å². The highest BCUT2D eigenvalue weighted by atomic mass is 32.1. The van der Waals surface area contributed by atoms with Crippen molar-refractivity contribution in [3.63, 3.8) is 0 Å². The fraction of sp³-hybridized carbons (Fsp3) is 0.421. The number of thiazole rings is 1. The lowest BCUT2D eigenvalue weighted by molar-refractivity contribution is -0.149. The van der Waals surface area contributed by atoms with Gasteiger partial charge in [0, 0.05) is 37.4 Å². The van der Waals surface area contributed by atoms with Crippen LogP contribution in [0.4, 0.5) is 0 Å². The molecular weight excluding hydrogens is 350 g/mol. The van der Waals surface area contributed by atoms with Crippen molar-refractivity contribution in [1.82, 2.24) is 15.6 Å². The summed E-state index contributed by atoms with van der Waals surface area (Å²) in [5, 5.41) is 6.17. The number of hydrogen-bond donors (Lipinski definition) is 2. The molecule has 138 valence electrons. The number of benzene rings is 1. The molecule has 3 unspecified atom stereocenters. The maximum atomic E-state index is 12.7. The number of carbonyl (C=O) groups is 2. The van der Waals surface area contributed by atoms with Crippen molar-refractivity contribution in [2.45, 2.75) is 25.9 Å². The summed E-state index contributed by atoms with van der Waals surface area (Å²) in [5.74, 6) is -0.768. The second kappa shape index (κ2) is 8.42. The molecule has 1 aromatic heterocycles. The van der Waals surface area contributed by atoms with Crippen LogP contribution in [0, 0.1) is 12.8 Å². The van der Waals surface area contributed by atoms with Gasteiger partial charge < -0.3 is 15.4 Å². The summed E-state index contributed by atoms with van der Waals surface area (Å²) in [6.45, 7) is 4.86. The topological polar surface area (TPSA) is 80.3 Å². The first-order chi connectivity index (χ1) is 12.6. The average Bonchev–Trinajstić information content (AvgIpc) is 3.25. The van der Waals surface area contributed by atoms with Crippen molar-refractivity contribution in [3.8, 4) is 0 Å². The van der Waals surface area contributed by atoms with Crippen molar-refractivity contribution < 1.29 is 14.3 Å². The van der Waals surface area contributed by atoms with Crippen LogP contribution in [0.3, 0.4) is 0 Å². The molecule has 2 aromatic rings. The Labute approximate surface area is 157 Å². The normalized spacial score (nSPS) is 20.5. The van der Waals surface area contributed by atoms with Crippen molar-refractivity contribution >= 4 is 23.2 Å². The van der Waals surface area contributed by atoms with Gasteiger partial charge in [0.15, 0.2) is 0 Å². The van der Waals surface area contributed by atoms with Crippen molar-refractivity contribution in [1.29, 1.82) is 0 Å². The SMILES string of the molecule is CC(=O)OC1CNCC1C(=O)NCC(c1ccccc1)c1scnc1C. The standard InChI is InChI=1S/C19H23N3O3S/c1-12-18(26-11-22-12)15(14-6-4-3-5-7-14)9-21-19(24)16-8-20-10-17(16)25-13(2)23/h3-7,11,15-17,20H,8-10H2,1-2H3,(H,21,24). The van der Waals surface area contributed by atoms with Crippen LogP contribution in [0.15, 0.2) is 35.8 Å². The molecule has 1 saturated heterocycles. The van der Waals surface area contributed by atoms with Gasteiger partial charge in [-0.05, 0) is 12.5 Å². The molecular formula is C19H23N3O3S. The molecule has 1 aliphatic heterocycles. The zero-order chi connectivity index (χ0) is 18.5. The number of rotatable bonds is 6. The van der Waals surface area contributed by atoms with Crippen LogP contribution in [-0.2, 0) is 14.3 Å². The van der Waals surface area contributed by atoms with Gasteiger partial charge in [-0.1, -0.05) is 30.3 Å². The third-order valence-electron chi connectivity index (χ3n) is 4.59. The molecule has 2 N–H and O–H groups in total. The summed E-state index contributed by atoms with van der Waals surface area (Å²) in [6.07, 6.45) is -0.409. The molecule has 0 spiro atoms. The lowest BCUT2D eigenvalue weighted by atomic mass is 9.96. The number of hydrogen-bond acceptors (Lipinski definition) is 6. The highest BCUT2D eigenvalue weighted by molar-refractivity contribution is 7.09. The molecule has 1 aliphatic rings. The number of aryl methyl sites for hydroxylation is 1. The predicted molar refractivity (Wildman–Crippen MR) is 100 cm³/mol. The van der Waals surface area contributed by atoms with Crippen LogP contribution in [-0.4, -0.2) is 42.6 Å². The highest BCUT2D eigenvalue weighted by Gasteiger charge is 2.35. The zero-order valence-electron chi connectivity index (χ0n) is 14.9. The fourth-order valence-electron chi connectivity index (χ4n) is 3.28. The van der Waals surface area contributed by atoms with E-state index in [0.717, 1.165) is 16.1 Å². The highest BCUT2D eigenvalue weighted by Crippen LogP contribution is 2.29. The first kappa shape index (κ1) is 18.5. The molecule has 0 saturated carbocycles. The predicted octanol–water partition coefficient (Wildman–Crippen LogP) is 1.85. The number of esters is 1. The van der Waals surface area contributed by atoms with Gasteiger partial charge in [0.1, 0.15) is 6.10 Å². The van der Waals surface area contributed by atoms with Gasteiger partial charge >= 0.3 is 5.97 Å². The molecule has 3 atom stereocenters. The first-order valence-corrected chi connectivity index (χ1v) is 9.54. The average molecular weight is 373 g/mol. The molecule has 2 heterocycles. The number of aromatic nitrogens is 1. The molecule has 0 aliphatic carbocycles. The van der Waals surface area contributed by atoms with Crippen LogP contribution in [0.2, 0.25) is 0 Å². The van der Waals surface area contributed by atoms with Crippen molar-refractivity contribution in [2.75, 3.05) is 19.6 Å². The van der Waals surface area contributed by atoms with Gasteiger partial charge in [0.05, 0.1) is 17.1 Å². The zero-order valence-corrected chi connectivity index (χ0v) is 15.7. The van der Waals surface area contributed by atoms with Crippen LogP contribution in [0.5, 0.6) is 0 Å². The summed E-state index contributed by atoms with van der Waals surface area (Å²) in [7, 11) is 0. The van der Waals surface area contributed by atoms with E-state index in [-0.39, 0.29) is 23.7 Å². The molecule has 1 fully saturated rings. The van der Waals surface area contributed by atoms with E-state index in [4.69, 9.17) is 4.74 Å². The van der Waals surface area contributed by atoms with Gasteiger partial charge in [0.2, 0.25) is 5.91 Å². The lowest BCUT2D eigenvalue weighted by Gasteiger charge is -2.21. The second-order valence-corrected chi connectivity index (χ2v) is 7.31. The number of nitrogens with one attached hydrogen (secondary N) is 2. The summed E-state index contributed by atoms with van der Waals surface area (Å²) in [6, 6.07) is 10.1. The Bertz CT molecular complexity index is 762. The number of nitrogens with zero attached hydrogens (tertiary/aromatic N) is 1. The van der Waals surface area contributed by atoms with E-state index in [1.807, 2.05) is 30.6 Å². The largest absolute Gasteiger partial charge is 0.460 e. The minimum atomic E-state index is -0.409. The Balaban J connectivity index is 1.71. The molecule has 26 heavy (non-hydrogen) atoms. The van der Waals surface area contributed by atoms with E-state index >= 15 is 0 Å². The monoisotopic (exact) mass is 373 g/mol. The second-order valence-electron chi connectivity index (χ2n) is 6.42.